The van der Waals surface area contributed by atoms with Crippen LogP contribution in [0.5, 0.6) is 0 Å². The molecule has 0 aliphatic heterocycles. The molecule has 2 aromatic rings. The van der Waals surface area contributed by atoms with Crippen molar-refractivity contribution in [1.29, 1.82) is 0 Å². The van der Waals surface area contributed by atoms with Gasteiger partial charge in [0.2, 0.25) is 0 Å². The summed E-state index contributed by atoms with van der Waals surface area (Å²) in [6.45, 7) is 2.10. The Hall–Kier alpha value is -1.74. The van der Waals surface area contributed by atoms with E-state index in [1.807, 2.05) is 19.4 Å². The molecule has 0 aliphatic carbocycles. The highest BCUT2D eigenvalue weighted by Gasteiger charge is 2.10. The van der Waals surface area contributed by atoms with Gasteiger partial charge in [0.15, 0.2) is 0 Å². The summed E-state index contributed by atoms with van der Waals surface area (Å²) in [4.78, 5) is 8.12. The first-order chi connectivity index (χ1) is 8.29. The van der Waals surface area contributed by atoms with Gasteiger partial charge in [-0.2, -0.15) is 0 Å². The SMILES string of the molecule is CNC(Cc1ccc(C)cc1)c1cncnc1. The van der Waals surface area contributed by atoms with Crippen molar-refractivity contribution in [2.24, 2.45) is 0 Å². The van der Waals surface area contributed by atoms with E-state index in [0.29, 0.717) is 0 Å². The fourth-order valence-corrected chi connectivity index (χ4v) is 1.84. The van der Waals surface area contributed by atoms with E-state index in [9.17, 15) is 0 Å². The van der Waals surface area contributed by atoms with Crippen LogP contribution in [0.3, 0.4) is 0 Å². The van der Waals surface area contributed by atoms with Crippen molar-refractivity contribution in [3.8, 4) is 0 Å². The molecule has 0 bridgehead atoms. The number of nitrogens with zero attached hydrogens (tertiary/aromatic N) is 2. The minimum Gasteiger partial charge on any atom is -0.313 e. The van der Waals surface area contributed by atoms with Gasteiger partial charge in [0.05, 0.1) is 0 Å². The zero-order chi connectivity index (χ0) is 12.1. The molecule has 0 aliphatic rings. The van der Waals surface area contributed by atoms with E-state index in [2.05, 4.69) is 46.5 Å². The van der Waals surface area contributed by atoms with Crippen LogP contribution in [0.4, 0.5) is 0 Å². The van der Waals surface area contributed by atoms with Crippen molar-refractivity contribution in [3.05, 3.63) is 59.7 Å². The van der Waals surface area contributed by atoms with Crippen LogP contribution in [0.1, 0.15) is 22.7 Å². The second-order valence-electron chi connectivity index (χ2n) is 4.20. The second-order valence-corrected chi connectivity index (χ2v) is 4.20. The number of aromatic nitrogens is 2. The standard InChI is InChI=1S/C14H17N3/c1-11-3-5-12(6-4-11)7-14(15-2)13-8-16-10-17-9-13/h3-6,8-10,14-15H,7H2,1-2H3. The number of rotatable bonds is 4. The van der Waals surface area contributed by atoms with Crippen LogP contribution >= 0.6 is 0 Å². The highest BCUT2D eigenvalue weighted by Crippen LogP contribution is 2.16. The molecule has 0 saturated carbocycles. The van der Waals surface area contributed by atoms with Gasteiger partial charge >= 0.3 is 0 Å². The zero-order valence-electron chi connectivity index (χ0n) is 10.2. The Kier molecular flexibility index (Phi) is 3.83. The summed E-state index contributed by atoms with van der Waals surface area (Å²) >= 11 is 0. The van der Waals surface area contributed by atoms with E-state index in [1.54, 1.807) is 6.33 Å². The van der Waals surface area contributed by atoms with Crippen molar-refractivity contribution >= 4 is 0 Å². The first-order valence-electron chi connectivity index (χ1n) is 5.77. The predicted octanol–water partition coefficient (Wildman–Crippen LogP) is 2.29. The van der Waals surface area contributed by atoms with Gasteiger partial charge in [0.1, 0.15) is 6.33 Å². The van der Waals surface area contributed by atoms with Gasteiger partial charge in [-0.05, 0) is 26.0 Å². The molecule has 0 amide bonds. The molecule has 3 heteroatoms. The number of hydrogen-bond donors (Lipinski definition) is 1. The van der Waals surface area contributed by atoms with E-state index in [0.717, 1.165) is 12.0 Å². The van der Waals surface area contributed by atoms with E-state index >= 15 is 0 Å². The summed E-state index contributed by atoms with van der Waals surface area (Å²) in [5.41, 5.74) is 3.73. The van der Waals surface area contributed by atoms with Crippen molar-refractivity contribution in [2.45, 2.75) is 19.4 Å². The van der Waals surface area contributed by atoms with Crippen molar-refractivity contribution in [1.82, 2.24) is 15.3 Å². The summed E-state index contributed by atoms with van der Waals surface area (Å²) in [6, 6.07) is 8.89. The zero-order valence-corrected chi connectivity index (χ0v) is 10.2. The lowest BCUT2D eigenvalue weighted by atomic mass is 10.0. The van der Waals surface area contributed by atoms with Gasteiger partial charge in [0, 0.05) is 24.0 Å². The Balaban J connectivity index is 2.13. The molecule has 0 fully saturated rings. The van der Waals surface area contributed by atoms with Gasteiger partial charge < -0.3 is 5.32 Å². The van der Waals surface area contributed by atoms with Crippen LogP contribution in [-0.4, -0.2) is 17.0 Å². The molecular formula is C14H17N3. The lowest BCUT2D eigenvalue weighted by Gasteiger charge is -2.15. The third-order valence-electron chi connectivity index (χ3n) is 2.89. The number of aryl methyl sites for hydroxylation is 1. The fourth-order valence-electron chi connectivity index (χ4n) is 1.84. The number of nitrogens with one attached hydrogen (secondary N) is 1. The Morgan fingerprint density at radius 3 is 2.35 bits per heavy atom. The third-order valence-corrected chi connectivity index (χ3v) is 2.89. The lowest BCUT2D eigenvalue weighted by Crippen LogP contribution is -2.19. The van der Waals surface area contributed by atoms with Gasteiger partial charge in [-0.3, -0.25) is 0 Å². The van der Waals surface area contributed by atoms with Gasteiger partial charge in [-0.25, -0.2) is 9.97 Å². The van der Waals surface area contributed by atoms with Crippen LogP contribution in [0.15, 0.2) is 43.0 Å². The first kappa shape index (κ1) is 11.7. The molecule has 1 aromatic heterocycles. The minimum absolute atomic E-state index is 0.263. The monoisotopic (exact) mass is 227 g/mol. The van der Waals surface area contributed by atoms with Crippen LogP contribution in [0.25, 0.3) is 0 Å². The Morgan fingerprint density at radius 1 is 1.12 bits per heavy atom. The van der Waals surface area contributed by atoms with E-state index in [4.69, 9.17) is 0 Å². The highest BCUT2D eigenvalue weighted by atomic mass is 14.9. The van der Waals surface area contributed by atoms with Crippen LogP contribution in [0.2, 0.25) is 0 Å². The molecule has 1 N–H and O–H groups in total. The average Bonchev–Trinajstić information content (AvgIpc) is 2.39. The summed E-state index contributed by atoms with van der Waals surface area (Å²) < 4.78 is 0. The quantitative estimate of drug-likeness (QED) is 0.870. The normalized spacial score (nSPS) is 12.4. The molecule has 88 valence electrons. The molecule has 0 saturated heterocycles. The maximum Gasteiger partial charge on any atom is 0.115 e. The molecule has 1 atom stereocenters. The molecule has 2 rings (SSSR count). The van der Waals surface area contributed by atoms with E-state index in [1.165, 1.54) is 11.1 Å². The highest BCUT2D eigenvalue weighted by molar-refractivity contribution is 5.24. The van der Waals surface area contributed by atoms with Crippen molar-refractivity contribution in [3.63, 3.8) is 0 Å². The van der Waals surface area contributed by atoms with Crippen LogP contribution in [0, 0.1) is 6.92 Å². The van der Waals surface area contributed by atoms with E-state index < -0.39 is 0 Å². The third kappa shape index (κ3) is 3.11. The summed E-state index contributed by atoms with van der Waals surface area (Å²) in [7, 11) is 1.96. The molecule has 17 heavy (non-hydrogen) atoms. The minimum atomic E-state index is 0.263. The molecule has 0 radical (unpaired) electrons. The number of benzene rings is 1. The summed E-state index contributed by atoms with van der Waals surface area (Å²) in [5, 5.41) is 3.30. The Bertz CT molecular complexity index is 451. The molecule has 0 spiro atoms. The largest absolute Gasteiger partial charge is 0.313 e. The Morgan fingerprint density at radius 2 is 1.76 bits per heavy atom. The number of hydrogen-bond acceptors (Lipinski definition) is 3. The van der Waals surface area contributed by atoms with Gasteiger partial charge in [-0.1, -0.05) is 29.8 Å². The first-order valence-corrected chi connectivity index (χ1v) is 5.77. The lowest BCUT2D eigenvalue weighted by molar-refractivity contribution is 0.587. The van der Waals surface area contributed by atoms with E-state index in [-0.39, 0.29) is 6.04 Å². The predicted molar refractivity (Wildman–Crippen MR) is 68.7 cm³/mol. The molecule has 1 unspecified atom stereocenters. The van der Waals surface area contributed by atoms with Crippen molar-refractivity contribution in [2.75, 3.05) is 7.05 Å². The Labute approximate surface area is 102 Å². The second kappa shape index (κ2) is 5.55. The topological polar surface area (TPSA) is 37.8 Å². The molecular weight excluding hydrogens is 210 g/mol. The van der Waals surface area contributed by atoms with Gasteiger partial charge in [0.25, 0.3) is 0 Å². The fraction of sp³-hybridized carbons (Fsp3) is 0.286. The average molecular weight is 227 g/mol. The molecule has 1 heterocycles. The van der Waals surface area contributed by atoms with Crippen LogP contribution in [-0.2, 0) is 6.42 Å². The maximum absolute atomic E-state index is 4.06. The molecule has 3 nitrogen and oxygen atoms in total. The smallest absolute Gasteiger partial charge is 0.115 e. The molecule has 1 aromatic carbocycles. The maximum atomic E-state index is 4.06. The van der Waals surface area contributed by atoms with Crippen LogP contribution < -0.4 is 5.32 Å². The number of likely N-dealkylation sites (N-methyl/N-ethyl adjacent to an activating group) is 1. The summed E-state index contributed by atoms with van der Waals surface area (Å²) in [6.07, 6.45) is 6.23. The van der Waals surface area contributed by atoms with Gasteiger partial charge in [-0.15, -0.1) is 0 Å². The summed E-state index contributed by atoms with van der Waals surface area (Å²) in [5.74, 6) is 0. The van der Waals surface area contributed by atoms with Crippen molar-refractivity contribution < 1.29 is 0 Å².